The number of guanidine groups is 1. The van der Waals surface area contributed by atoms with Crippen LogP contribution in [-0.2, 0) is 16.0 Å². The molecule has 1 aromatic carbocycles. The molecule has 0 unspecified atom stereocenters. The van der Waals surface area contributed by atoms with Crippen LogP contribution in [-0.4, -0.2) is 94.6 Å². The van der Waals surface area contributed by atoms with E-state index in [0.29, 0.717) is 11.3 Å². The van der Waals surface area contributed by atoms with Crippen molar-refractivity contribution in [1.29, 1.82) is 5.41 Å². The third kappa shape index (κ3) is 4.57. The Morgan fingerprint density at radius 2 is 1.69 bits per heavy atom. The number of hydrazine groups is 1. The maximum absolute atomic E-state index is 14.3. The first-order valence-electron chi connectivity index (χ1n) is 15.1. The zero-order valence-corrected chi connectivity index (χ0v) is 26.3. The fourth-order valence-electron chi connectivity index (χ4n) is 8.08. The summed E-state index contributed by atoms with van der Waals surface area (Å²) < 4.78 is 0. The number of aliphatic hydroxyl groups excluding tert-OH is 2. The van der Waals surface area contributed by atoms with Gasteiger partial charge in [-0.15, -0.1) is 0 Å². The minimum absolute atomic E-state index is 0.0257. The first-order valence-corrected chi connectivity index (χ1v) is 15.1. The topological polar surface area (TPSA) is 230 Å². The van der Waals surface area contributed by atoms with Gasteiger partial charge in [0.15, 0.2) is 17.1 Å². The number of fused-ring (bicyclic) bond motifs is 3. The van der Waals surface area contributed by atoms with Gasteiger partial charge in [0, 0.05) is 36.8 Å². The Labute approximate surface area is 261 Å². The average Bonchev–Trinajstić information content (AvgIpc) is 2.95. The number of carbonyl (C=O) groups excluding carboxylic acids is 3. The molecule has 10 N–H and O–H groups in total. The number of nitrogens with two attached hydrogens (primary N) is 2. The summed E-state index contributed by atoms with van der Waals surface area (Å²) in [6.07, 6.45) is 5.00. The molecule has 1 fully saturated rings. The molecule has 0 aliphatic heterocycles. The van der Waals surface area contributed by atoms with Crippen LogP contribution in [0.5, 0.6) is 5.75 Å². The molecule has 4 aliphatic rings. The van der Waals surface area contributed by atoms with E-state index in [4.69, 9.17) is 17.0 Å². The first kappa shape index (κ1) is 32.3. The molecular formula is C31H43N7O7. The summed E-state index contributed by atoms with van der Waals surface area (Å²) in [4.78, 5) is 43.6. The van der Waals surface area contributed by atoms with Gasteiger partial charge in [-0.25, -0.2) is 10.9 Å². The fraction of sp³-hybridized carbons (Fsp3) is 0.548. The number of benzene rings is 1. The molecule has 1 aromatic rings. The number of aromatic hydroxyl groups is 1. The lowest BCUT2D eigenvalue weighted by Crippen LogP contribution is -2.69. The number of hydrogen-bond acceptors (Lipinski definition) is 11. The average molecular weight is 626 g/mol. The molecule has 0 radical (unpaired) electrons. The lowest BCUT2D eigenvalue weighted by molar-refractivity contribution is -0.165. The van der Waals surface area contributed by atoms with Gasteiger partial charge >= 0.3 is 0 Å². The number of anilines is 2. The number of rotatable bonds is 5. The predicted octanol–water partition coefficient (Wildman–Crippen LogP) is 1.11. The molecule has 0 aromatic heterocycles. The molecule has 0 saturated heterocycles. The summed E-state index contributed by atoms with van der Waals surface area (Å²) in [6.45, 7) is 1.52. The number of ketones is 2. The van der Waals surface area contributed by atoms with E-state index in [2.05, 4.69) is 5.32 Å². The summed E-state index contributed by atoms with van der Waals surface area (Å²) in [5.74, 6) is -0.0758. The SMILES string of the molecule is CN(C)c1cc(N(N)C(=N)NC2CCCCC2)c(O)c2c1C[C@H]1C[C@@]3(C)[C@H](N(C)C)C(O)=C(C(N)=O)C(=O)[C@@]3(O)C(O)=C1C2=O. The van der Waals surface area contributed by atoms with Gasteiger partial charge < -0.3 is 36.4 Å². The van der Waals surface area contributed by atoms with E-state index in [1.807, 2.05) is 0 Å². The highest BCUT2D eigenvalue weighted by molar-refractivity contribution is 6.25. The number of allylic oxidation sites excluding steroid dienone is 1. The van der Waals surface area contributed by atoms with E-state index >= 15 is 0 Å². The third-order valence-electron chi connectivity index (χ3n) is 10.2. The van der Waals surface area contributed by atoms with Crippen molar-refractivity contribution in [1.82, 2.24) is 10.2 Å². The smallest absolute Gasteiger partial charge is 0.255 e. The number of phenols is 1. The quantitative estimate of drug-likeness (QED) is 0.0756. The molecule has 0 heterocycles. The molecule has 1 amide bonds. The number of nitrogens with zero attached hydrogens (tertiary/aromatic N) is 3. The highest BCUT2D eigenvalue weighted by atomic mass is 16.4. The number of Topliss-reactive ketones (excluding diaryl/α,β-unsaturated/α-hetero) is 2. The Balaban J connectivity index is 1.66. The number of aliphatic hydroxyl groups is 3. The zero-order valence-electron chi connectivity index (χ0n) is 26.3. The van der Waals surface area contributed by atoms with Crippen molar-refractivity contribution in [3.05, 3.63) is 39.9 Å². The van der Waals surface area contributed by atoms with Gasteiger partial charge in [0.05, 0.1) is 11.6 Å². The maximum Gasteiger partial charge on any atom is 0.255 e. The summed E-state index contributed by atoms with van der Waals surface area (Å²) in [5, 5.41) is 59.2. The second kappa shape index (κ2) is 11.0. The van der Waals surface area contributed by atoms with Crippen LogP contribution in [0, 0.1) is 16.7 Å². The molecule has 4 aliphatic carbocycles. The van der Waals surface area contributed by atoms with E-state index in [-0.39, 0.29) is 41.7 Å². The molecule has 0 spiro atoms. The molecule has 0 bridgehead atoms. The number of likely N-dealkylation sites (N-methyl/N-ethyl adjacent to an activating group) is 1. The van der Waals surface area contributed by atoms with Gasteiger partial charge in [-0.3, -0.25) is 24.7 Å². The Kier molecular flexibility index (Phi) is 7.91. The summed E-state index contributed by atoms with van der Waals surface area (Å²) in [6, 6.07) is 0.513. The van der Waals surface area contributed by atoms with Crippen LogP contribution < -0.4 is 26.8 Å². The molecule has 14 nitrogen and oxygen atoms in total. The van der Waals surface area contributed by atoms with Gasteiger partial charge in [0.2, 0.25) is 11.7 Å². The number of nitrogens with one attached hydrogen (secondary N) is 2. The second-order valence-corrected chi connectivity index (χ2v) is 13.4. The largest absolute Gasteiger partial charge is 0.510 e. The van der Waals surface area contributed by atoms with Gasteiger partial charge in [-0.05, 0) is 57.3 Å². The van der Waals surface area contributed by atoms with E-state index in [0.717, 1.165) is 37.1 Å². The normalized spacial score (nSPS) is 28.4. The summed E-state index contributed by atoms with van der Waals surface area (Å²) in [5.41, 5.74) is 0.720. The van der Waals surface area contributed by atoms with Crippen LogP contribution in [0.4, 0.5) is 11.4 Å². The van der Waals surface area contributed by atoms with Crippen molar-refractivity contribution in [2.24, 2.45) is 22.9 Å². The van der Waals surface area contributed by atoms with Gasteiger partial charge in [0.25, 0.3) is 5.91 Å². The second-order valence-electron chi connectivity index (χ2n) is 13.4. The van der Waals surface area contributed by atoms with E-state index in [9.17, 15) is 34.8 Å². The van der Waals surface area contributed by atoms with Crippen molar-refractivity contribution >= 4 is 34.8 Å². The zero-order chi connectivity index (χ0) is 33.3. The van der Waals surface area contributed by atoms with Crippen LogP contribution in [0.1, 0.15) is 61.4 Å². The number of carbonyl (C=O) groups is 3. The minimum Gasteiger partial charge on any atom is -0.510 e. The molecule has 5 rings (SSSR count). The molecule has 1 saturated carbocycles. The molecule has 244 valence electrons. The monoisotopic (exact) mass is 625 g/mol. The van der Waals surface area contributed by atoms with Gasteiger partial charge in [-0.2, -0.15) is 0 Å². The van der Waals surface area contributed by atoms with Crippen LogP contribution >= 0.6 is 0 Å². The Hall–Kier alpha value is -4.14. The lowest BCUT2D eigenvalue weighted by atomic mass is 9.51. The highest BCUT2D eigenvalue weighted by Crippen LogP contribution is 2.59. The van der Waals surface area contributed by atoms with Crippen LogP contribution in [0.2, 0.25) is 0 Å². The fourth-order valence-corrected chi connectivity index (χ4v) is 8.08. The van der Waals surface area contributed by atoms with Crippen molar-refractivity contribution in [2.45, 2.75) is 69.6 Å². The van der Waals surface area contributed by atoms with Crippen LogP contribution in [0.15, 0.2) is 28.7 Å². The number of phenolic OH excluding ortho intramolecular Hbond substituents is 1. The van der Waals surface area contributed by atoms with Crippen LogP contribution in [0.3, 0.4) is 0 Å². The van der Waals surface area contributed by atoms with Crippen molar-refractivity contribution in [2.75, 3.05) is 38.1 Å². The Morgan fingerprint density at radius 3 is 2.24 bits per heavy atom. The van der Waals surface area contributed by atoms with Crippen molar-refractivity contribution in [3.63, 3.8) is 0 Å². The van der Waals surface area contributed by atoms with E-state index in [1.54, 1.807) is 39.2 Å². The van der Waals surface area contributed by atoms with Crippen molar-refractivity contribution < 1.29 is 34.8 Å². The van der Waals surface area contributed by atoms with Crippen LogP contribution in [0.25, 0.3) is 0 Å². The van der Waals surface area contributed by atoms with E-state index < -0.39 is 63.3 Å². The molecule has 14 heteroatoms. The Morgan fingerprint density at radius 1 is 1.07 bits per heavy atom. The highest BCUT2D eigenvalue weighted by Gasteiger charge is 2.69. The van der Waals surface area contributed by atoms with Gasteiger partial charge in [0.1, 0.15) is 22.8 Å². The first-order chi connectivity index (χ1) is 21.0. The minimum atomic E-state index is -2.79. The predicted molar refractivity (Wildman–Crippen MR) is 167 cm³/mol. The summed E-state index contributed by atoms with van der Waals surface area (Å²) >= 11 is 0. The molecule has 4 atom stereocenters. The Bertz CT molecular complexity index is 1560. The van der Waals surface area contributed by atoms with Gasteiger partial charge in [-0.1, -0.05) is 26.2 Å². The summed E-state index contributed by atoms with van der Waals surface area (Å²) in [7, 11) is 6.68. The van der Waals surface area contributed by atoms with E-state index in [1.165, 1.54) is 11.8 Å². The third-order valence-corrected chi connectivity index (χ3v) is 10.2. The molecule has 45 heavy (non-hydrogen) atoms. The lowest BCUT2D eigenvalue weighted by Gasteiger charge is -2.57. The standard InChI is InChI=1S/C31H43N7O7/c1-30-13-14-11-16-17(36(2)3)12-18(38(34)29(33)35-15-9-7-6-8-10-15)22(39)20(16)23(40)19(14)26(42)31(30,45)27(43)21(28(32)44)24(41)25(30)37(4)5/h12,14-15,25,39,41-42,45H,6-11,13,34H2,1-5H3,(H2,32,44)(H2,33,35)/t14-,25+,30-,31-/m0/s1. The van der Waals surface area contributed by atoms with Crippen molar-refractivity contribution in [3.8, 4) is 5.75 Å². The molecular weight excluding hydrogens is 582 g/mol. The number of primary amides is 1. The number of amides is 1. The number of hydrogen-bond donors (Lipinski definition) is 8. The maximum atomic E-state index is 14.3.